The zero-order chi connectivity index (χ0) is 20.1. The molecule has 0 aliphatic heterocycles. The lowest BCUT2D eigenvalue weighted by molar-refractivity contribution is 0.0734. The van der Waals surface area contributed by atoms with E-state index in [0.717, 1.165) is 5.56 Å². The van der Waals surface area contributed by atoms with Crippen molar-refractivity contribution in [2.24, 2.45) is 0 Å². The van der Waals surface area contributed by atoms with E-state index in [1.807, 2.05) is 25.1 Å². The number of nitrogens with one attached hydrogen (secondary N) is 1. The van der Waals surface area contributed by atoms with Crippen LogP contribution in [0.3, 0.4) is 0 Å². The summed E-state index contributed by atoms with van der Waals surface area (Å²) in [4.78, 5) is 25.1. The first-order valence-electron chi connectivity index (χ1n) is 8.56. The second-order valence-electron chi connectivity index (χ2n) is 6.22. The molecular formula is C22H19NO4S. The summed E-state index contributed by atoms with van der Waals surface area (Å²) >= 11 is 0. The Bertz CT molecular complexity index is 1030. The highest BCUT2D eigenvalue weighted by atomic mass is 32.2. The molecule has 0 spiro atoms. The van der Waals surface area contributed by atoms with Gasteiger partial charge in [-0.25, -0.2) is 4.79 Å². The van der Waals surface area contributed by atoms with Crippen molar-refractivity contribution in [3.8, 4) is 5.75 Å². The van der Waals surface area contributed by atoms with Gasteiger partial charge < -0.3 is 10.1 Å². The second kappa shape index (κ2) is 8.63. The number of aryl methyl sites for hydroxylation is 1. The fraction of sp³-hybridized carbons (Fsp3) is 0.0909. The van der Waals surface area contributed by atoms with E-state index in [1.165, 1.54) is 0 Å². The molecule has 1 atom stereocenters. The fourth-order valence-electron chi connectivity index (χ4n) is 2.54. The van der Waals surface area contributed by atoms with Gasteiger partial charge >= 0.3 is 5.97 Å². The molecule has 3 aromatic rings. The van der Waals surface area contributed by atoms with Crippen molar-refractivity contribution >= 4 is 28.4 Å². The fourth-order valence-corrected chi connectivity index (χ4v) is 3.06. The molecule has 0 aromatic heterocycles. The molecule has 0 radical (unpaired) electrons. The van der Waals surface area contributed by atoms with Gasteiger partial charge in [0.05, 0.1) is 5.56 Å². The molecule has 0 saturated carbocycles. The first-order valence-corrected chi connectivity index (χ1v) is 10.1. The Morgan fingerprint density at radius 3 is 2.18 bits per heavy atom. The van der Waals surface area contributed by atoms with Gasteiger partial charge in [-0.05, 0) is 67.6 Å². The average Bonchev–Trinajstić information content (AvgIpc) is 2.69. The summed E-state index contributed by atoms with van der Waals surface area (Å²) in [6, 6.07) is 20.3. The van der Waals surface area contributed by atoms with Crippen molar-refractivity contribution in [2.45, 2.75) is 11.8 Å². The lowest BCUT2D eigenvalue weighted by Gasteiger charge is -2.08. The maximum absolute atomic E-state index is 12.3. The summed E-state index contributed by atoms with van der Waals surface area (Å²) in [5, 5.41) is 2.81. The van der Waals surface area contributed by atoms with Crippen molar-refractivity contribution in [3.63, 3.8) is 0 Å². The number of rotatable bonds is 5. The van der Waals surface area contributed by atoms with Crippen LogP contribution in [0.15, 0.2) is 77.7 Å². The van der Waals surface area contributed by atoms with Crippen LogP contribution in [0.4, 0.5) is 5.69 Å². The van der Waals surface area contributed by atoms with Gasteiger partial charge in [-0.1, -0.05) is 17.7 Å². The molecule has 1 amide bonds. The van der Waals surface area contributed by atoms with Gasteiger partial charge in [0.15, 0.2) is 0 Å². The van der Waals surface area contributed by atoms with Gasteiger partial charge in [0, 0.05) is 33.2 Å². The molecule has 1 unspecified atom stereocenters. The number of ether oxygens (including phenoxy) is 1. The lowest BCUT2D eigenvalue weighted by atomic mass is 10.1. The van der Waals surface area contributed by atoms with Crippen LogP contribution in [0.25, 0.3) is 0 Å². The number of carbonyl (C=O) groups excluding carboxylic acids is 2. The van der Waals surface area contributed by atoms with E-state index in [-0.39, 0.29) is 5.91 Å². The van der Waals surface area contributed by atoms with E-state index in [1.54, 1.807) is 60.9 Å². The number of carbonyl (C=O) groups is 2. The summed E-state index contributed by atoms with van der Waals surface area (Å²) in [6.45, 7) is 1.93. The molecule has 28 heavy (non-hydrogen) atoms. The smallest absolute Gasteiger partial charge is 0.343 e. The van der Waals surface area contributed by atoms with Gasteiger partial charge in [-0.15, -0.1) is 0 Å². The third kappa shape index (κ3) is 4.92. The zero-order valence-corrected chi connectivity index (χ0v) is 16.3. The predicted octanol–water partition coefficient (Wildman–Crippen LogP) is 4.20. The van der Waals surface area contributed by atoms with E-state index in [4.69, 9.17) is 4.74 Å². The Labute approximate surface area is 165 Å². The molecular weight excluding hydrogens is 374 g/mol. The molecule has 3 rings (SSSR count). The molecule has 0 aliphatic rings. The number of anilines is 1. The van der Waals surface area contributed by atoms with E-state index < -0.39 is 16.8 Å². The Morgan fingerprint density at radius 1 is 0.893 bits per heavy atom. The largest absolute Gasteiger partial charge is 0.423 e. The quantitative estimate of drug-likeness (QED) is 0.521. The molecule has 3 aromatic carbocycles. The van der Waals surface area contributed by atoms with Gasteiger partial charge in [-0.2, -0.15) is 0 Å². The molecule has 6 heteroatoms. The highest BCUT2D eigenvalue weighted by Gasteiger charge is 2.10. The van der Waals surface area contributed by atoms with E-state index in [9.17, 15) is 13.8 Å². The van der Waals surface area contributed by atoms with Gasteiger partial charge in [0.2, 0.25) is 0 Å². The minimum Gasteiger partial charge on any atom is -0.423 e. The predicted molar refractivity (Wildman–Crippen MR) is 109 cm³/mol. The van der Waals surface area contributed by atoms with E-state index in [0.29, 0.717) is 27.5 Å². The summed E-state index contributed by atoms with van der Waals surface area (Å²) < 4.78 is 16.7. The van der Waals surface area contributed by atoms with E-state index in [2.05, 4.69) is 5.32 Å². The van der Waals surface area contributed by atoms with Crippen LogP contribution < -0.4 is 10.1 Å². The first kappa shape index (κ1) is 19.5. The minimum atomic E-state index is -1.10. The summed E-state index contributed by atoms with van der Waals surface area (Å²) in [7, 11) is -1.10. The first-order chi connectivity index (χ1) is 13.4. The number of esters is 1. The number of amides is 1. The monoisotopic (exact) mass is 393 g/mol. The van der Waals surface area contributed by atoms with E-state index >= 15 is 0 Å². The maximum Gasteiger partial charge on any atom is 0.343 e. The van der Waals surface area contributed by atoms with Crippen molar-refractivity contribution in [1.82, 2.24) is 0 Å². The molecule has 0 aliphatic carbocycles. The molecule has 0 bridgehead atoms. The van der Waals surface area contributed by atoms with Crippen LogP contribution in [0.2, 0.25) is 0 Å². The highest BCUT2D eigenvalue weighted by Crippen LogP contribution is 2.18. The third-order valence-electron chi connectivity index (χ3n) is 4.02. The van der Waals surface area contributed by atoms with Crippen molar-refractivity contribution in [3.05, 3.63) is 89.5 Å². The average molecular weight is 393 g/mol. The Hall–Kier alpha value is -3.25. The Kier molecular flexibility index (Phi) is 6.01. The van der Waals surface area contributed by atoms with Crippen molar-refractivity contribution in [2.75, 3.05) is 11.6 Å². The van der Waals surface area contributed by atoms with Crippen LogP contribution >= 0.6 is 0 Å². The van der Waals surface area contributed by atoms with Crippen LogP contribution in [0, 0.1) is 6.92 Å². The molecule has 0 heterocycles. The number of hydrogen-bond acceptors (Lipinski definition) is 4. The van der Waals surface area contributed by atoms with Crippen LogP contribution in [-0.2, 0) is 10.8 Å². The van der Waals surface area contributed by atoms with Gasteiger partial charge in [0.25, 0.3) is 5.91 Å². The second-order valence-corrected chi connectivity index (χ2v) is 7.60. The standard InChI is InChI=1S/C22H19NO4S/c1-15-4-3-5-17(14-15)21(24)23-18-8-10-19(11-9-18)27-22(25)16-6-12-20(13-7-16)28(2)26/h3-14H,1-2H3,(H,23,24). The summed E-state index contributed by atoms with van der Waals surface area (Å²) in [6.07, 6.45) is 1.58. The lowest BCUT2D eigenvalue weighted by Crippen LogP contribution is -2.12. The van der Waals surface area contributed by atoms with Gasteiger partial charge in [0.1, 0.15) is 5.75 Å². The summed E-state index contributed by atoms with van der Waals surface area (Å²) in [5.41, 5.74) is 2.55. The van der Waals surface area contributed by atoms with Crippen LogP contribution in [0.5, 0.6) is 5.75 Å². The molecule has 0 fully saturated rings. The summed E-state index contributed by atoms with van der Waals surface area (Å²) in [5.74, 6) is -0.353. The van der Waals surface area contributed by atoms with Gasteiger partial charge in [-0.3, -0.25) is 9.00 Å². The third-order valence-corrected chi connectivity index (χ3v) is 4.96. The molecule has 1 N–H and O–H groups in total. The topological polar surface area (TPSA) is 72.5 Å². The molecule has 0 saturated heterocycles. The number of hydrogen-bond donors (Lipinski definition) is 1. The zero-order valence-electron chi connectivity index (χ0n) is 15.5. The highest BCUT2D eigenvalue weighted by molar-refractivity contribution is 7.84. The normalized spacial score (nSPS) is 11.5. The van der Waals surface area contributed by atoms with Crippen LogP contribution in [0.1, 0.15) is 26.3 Å². The minimum absolute atomic E-state index is 0.207. The molecule has 5 nitrogen and oxygen atoms in total. The number of benzene rings is 3. The Morgan fingerprint density at radius 2 is 1.57 bits per heavy atom. The Balaban J connectivity index is 1.63. The molecule has 142 valence electrons. The van der Waals surface area contributed by atoms with Crippen molar-refractivity contribution < 1.29 is 18.5 Å². The maximum atomic E-state index is 12.3. The van der Waals surface area contributed by atoms with Crippen molar-refractivity contribution in [1.29, 1.82) is 0 Å². The SMILES string of the molecule is Cc1cccc(C(=O)Nc2ccc(OC(=O)c3ccc(S(C)=O)cc3)cc2)c1. The van der Waals surface area contributed by atoms with Crippen LogP contribution in [-0.4, -0.2) is 22.3 Å².